The van der Waals surface area contributed by atoms with Gasteiger partial charge < -0.3 is 14.5 Å². The van der Waals surface area contributed by atoms with Gasteiger partial charge in [-0.05, 0) is 51.7 Å². The number of benzene rings is 1. The maximum atomic E-state index is 12.8. The summed E-state index contributed by atoms with van der Waals surface area (Å²) in [5.41, 5.74) is 3.16. The third-order valence-electron chi connectivity index (χ3n) is 5.55. The predicted molar refractivity (Wildman–Crippen MR) is 96.4 cm³/mol. The Balaban J connectivity index is 1.54. The number of hydrogen-bond donors (Lipinski definition) is 0. The maximum Gasteiger partial charge on any atom is 0.253 e. The number of hydrogen-bond acceptors (Lipinski definition) is 3. The summed E-state index contributed by atoms with van der Waals surface area (Å²) in [6, 6.07) is 6.77. The smallest absolute Gasteiger partial charge is 0.253 e. The standard InChI is InChI=1S/C20H30N2O2/c1-15-12-16(2)14-17(13-15)20(23)22-8-4-18(5-9-22)21-10-6-19(24-3)7-11-21/h12-14,18-19H,4-11H2,1-3H3. The van der Waals surface area contributed by atoms with Gasteiger partial charge in [-0.2, -0.15) is 0 Å². The topological polar surface area (TPSA) is 32.8 Å². The van der Waals surface area contributed by atoms with Crippen LogP contribution in [0.15, 0.2) is 18.2 Å². The SMILES string of the molecule is COC1CCN(C2CCN(C(=O)c3cc(C)cc(C)c3)CC2)CC1. The first-order chi connectivity index (χ1) is 11.6. The fourth-order valence-corrected chi connectivity index (χ4v) is 4.19. The van der Waals surface area contributed by atoms with Crippen LogP contribution >= 0.6 is 0 Å². The monoisotopic (exact) mass is 330 g/mol. The van der Waals surface area contributed by atoms with E-state index in [9.17, 15) is 4.79 Å². The third-order valence-corrected chi connectivity index (χ3v) is 5.55. The van der Waals surface area contributed by atoms with Crippen LogP contribution in [0.4, 0.5) is 0 Å². The lowest BCUT2D eigenvalue weighted by Crippen LogP contribution is -2.49. The molecule has 0 saturated carbocycles. The van der Waals surface area contributed by atoms with E-state index in [4.69, 9.17) is 4.74 Å². The Morgan fingerprint density at radius 1 is 0.958 bits per heavy atom. The molecular formula is C20H30N2O2. The maximum absolute atomic E-state index is 12.8. The van der Waals surface area contributed by atoms with E-state index < -0.39 is 0 Å². The number of ether oxygens (including phenoxy) is 1. The lowest BCUT2D eigenvalue weighted by molar-refractivity contribution is 0.0145. The molecule has 0 radical (unpaired) electrons. The molecule has 4 nitrogen and oxygen atoms in total. The van der Waals surface area contributed by atoms with Gasteiger partial charge in [0.2, 0.25) is 0 Å². The quantitative estimate of drug-likeness (QED) is 0.854. The van der Waals surface area contributed by atoms with Gasteiger partial charge in [-0.25, -0.2) is 0 Å². The molecule has 0 unspecified atom stereocenters. The van der Waals surface area contributed by atoms with Crippen LogP contribution < -0.4 is 0 Å². The normalized spacial score (nSPS) is 21.2. The van der Waals surface area contributed by atoms with Crippen LogP contribution in [0.3, 0.4) is 0 Å². The van der Waals surface area contributed by atoms with Gasteiger partial charge in [-0.3, -0.25) is 4.79 Å². The summed E-state index contributed by atoms with van der Waals surface area (Å²) in [7, 11) is 1.82. The number of rotatable bonds is 3. The molecular weight excluding hydrogens is 300 g/mol. The zero-order valence-corrected chi connectivity index (χ0v) is 15.3. The molecule has 2 saturated heterocycles. The van der Waals surface area contributed by atoms with Crippen molar-refractivity contribution in [2.24, 2.45) is 0 Å². The van der Waals surface area contributed by atoms with E-state index >= 15 is 0 Å². The van der Waals surface area contributed by atoms with E-state index in [0.717, 1.165) is 68.6 Å². The average Bonchev–Trinajstić information content (AvgIpc) is 2.60. The van der Waals surface area contributed by atoms with Crippen molar-refractivity contribution in [3.63, 3.8) is 0 Å². The number of carbonyl (C=O) groups excluding carboxylic acids is 1. The van der Waals surface area contributed by atoms with Crippen molar-refractivity contribution in [3.8, 4) is 0 Å². The van der Waals surface area contributed by atoms with Crippen molar-refractivity contribution in [2.75, 3.05) is 33.3 Å². The Hall–Kier alpha value is -1.39. The summed E-state index contributed by atoms with van der Waals surface area (Å²) in [6.07, 6.45) is 4.89. The molecule has 24 heavy (non-hydrogen) atoms. The lowest BCUT2D eigenvalue weighted by atomic mass is 9.98. The summed E-state index contributed by atoms with van der Waals surface area (Å²) in [4.78, 5) is 17.4. The van der Waals surface area contributed by atoms with Crippen LogP contribution in [-0.4, -0.2) is 61.1 Å². The van der Waals surface area contributed by atoms with Gasteiger partial charge in [-0.1, -0.05) is 17.2 Å². The van der Waals surface area contributed by atoms with Gasteiger partial charge in [0.25, 0.3) is 5.91 Å². The third kappa shape index (κ3) is 3.98. The summed E-state index contributed by atoms with van der Waals surface area (Å²) in [6.45, 7) is 8.13. The van der Waals surface area contributed by atoms with E-state index in [0.29, 0.717) is 12.1 Å². The highest BCUT2D eigenvalue weighted by Gasteiger charge is 2.29. The number of piperidine rings is 2. The van der Waals surface area contributed by atoms with E-state index in [1.165, 1.54) is 0 Å². The Morgan fingerprint density at radius 2 is 1.54 bits per heavy atom. The van der Waals surface area contributed by atoms with Gasteiger partial charge >= 0.3 is 0 Å². The van der Waals surface area contributed by atoms with E-state index in [-0.39, 0.29) is 5.91 Å². The molecule has 1 aromatic rings. The Bertz CT molecular complexity index is 551. The van der Waals surface area contributed by atoms with Gasteiger partial charge in [0, 0.05) is 44.9 Å². The van der Waals surface area contributed by atoms with Gasteiger partial charge in [-0.15, -0.1) is 0 Å². The predicted octanol–water partition coefficient (Wildman–Crippen LogP) is 3.02. The molecule has 1 aromatic carbocycles. The van der Waals surface area contributed by atoms with Crippen molar-refractivity contribution < 1.29 is 9.53 Å². The summed E-state index contributed by atoms with van der Waals surface area (Å²) < 4.78 is 5.46. The number of nitrogens with zero attached hydrogens (tertiary/aromatic N) is 2. The highest BCUT2D eigenvalue weighted by molar-refractivity contribution is 5.94. The lowest BCUT2D eigenvalue weighted by Gasteiger charge is -2.41. The van der Waals surface area contributed by atoms with Crippen LogP contribution in [-0.2, 0) is 4.74 Å². The molecule has 0 spiro atoms. The van der Waals surface area contributed by atoms with Crippen LogP contribution in [0.2, 0.25) is 0 Å². The Morgan fingerprint density at radius 3 is 2.08 bits per heavy atom. The number of amides is 1. The van der Waals surface area contributed by atoms with Crippen LogP contribution in [0.25, 0.3) is 0 Å². The summed E-state index contributed by atoms with van der Waals surface area (Å²) in [5.74, 6) is 0.193. The molecule has 132 valence electrons. The Labute approximate surface area is 145 Å². The molecule has 2 heterocycles. The fourth-order valence-electron chi connectivity index (χ4n) is 4.19. The number of likely N-dealkylation sites (tertiary alicyclic amines) is 2. The van der Waals surface area contributed by atoms with Gasteiger partial charge in [0.05, 0.1) is 6.10 Å². The summed E-state index contributed by atoms with van der Waals surface area (Å²) >= 11 is 0. The summed E-state index contributed by atoms with van der Waals surface area (Å²) in [5, 5.41) is 0. The minimum absolute atomic E-state index is 0.193. The molecule has 2 aliphatic rings. The molecule has 0 N–H and O–H groups in total. The second-order valence-electron chi connectivity index (χ2n) is 7.37. The van der Waals surface area contributed by atoms with Gasteiger partial charge in [0.15, 0.2) is 0 Å². The molecule has 0 aliphatic carbocycles. The Kier molecular flexibility index (Phi) is 5.57. The first kappa shape index (κ1) is 17.4. The van der Waals surface area contributed by atoms with Crippen molar-refractivity contribution in [3.05, 3.63) is 34.9 Å². The molecule has 0 atom stereocenters. The molecule has 3 rings (SSSR count). The second-order valence-corrected chi connectivity index (χ2v) is 7.37. The van der Waals surface area contributed by atoms with Crippen LogP contribution in [0.5, 0.6) is 0 Å². The molecule has 2 aliphatic heterocycles. The zero-order chi connectivity index (χ0) is 17.1. The zero-order valence-electron chi connectivity index (χ0n) is 15.3. The molecule has 0 bridgehead atoms. The highest BCUT2D eigenvalue weighted by atomic mass is 16.5. The first-order valence-electron chi connectivity index (χ1n) is 9.21. The molecule has 1 amide bonds. The fraction of sp³-hybridized carbons (Fsp3) is 0.650. The number of carbonyl (C=O) groups is 1. The van der Waals surface area contributed by atoms with Crippen molar-refractivity contribution in [1.29, 1.82) is 0 Å². The van der Waals surface area contributed by atoms with Crippen LogP contribution in [0, 0.1) is 13.8 Å². The number of methoxy groups -OCH3 is 1. The van der Waals surface area contributed by atoms with Crippen molar-refractivity contribution in [2.45, 2.75) is 51.7 Å². The van der Waals surface area contributed by atoms with E-state index in [1.54, 1.807) is 0 Å². The minimum atomic E-state index is 0.193. The first-order valence-corrected chi connectivity index (χ1v) is 9.21. The molecule has 0 aromatic heterocycles. The van der Waals surface area contributed by atoms with Gasteiger partial charge in [0.1, 0.15) is 0 Å². The molecule has 2 fully saturated rings. The highest BCUT2D eigenvalue weighted by Crippen LogP contribution is 2.23. The van der Waals surface area contributed by atoms with Crippen molar-refractivity contribution in [1.82, 2.24) is 9.80 Å². The van der Waals surface area contributed by atoms with E-state index in [1.807, 2.05) is 24.1 Å². The minimum Gasteiger partial charge on any atom is -0.381 e. The molecule has 4 heteroatoms. The second kappa shape index (κ2) is 7.66. The average molecular weight is 330 g/mol. The van der Waals surface area contributed by atoms with Crippen molar-refractivity contribution >= 4 is 5.91 Å². The largest absolute Gasteiger partial charge is 0.381 e. The van der Waals surface area contributed by atoms with E-state index in [2.05, 4.69) is 24.8 Å². The number of aryl methyl sites for hydroxylation is 2. The van der Waals surface area contributed by atoms with Crippen LogP contribution in [0.1, 0.15) is 47.2 Å².